The largest absolute Gasteiger partial charge is 0.387 e. The molecule has 1 radical (unpaired) electrons. The Balaban J connectivity index is 2.30. The molecule has 2 rings (SSSR count). The average molecular weight is 242 g/mol. The number of aliphatic hydroxyl groups excluding tert-OH is 1. The molecule has 3 atom stereocenters. The topological polar surface area (TPSA) is 90.4 Å². The zero-order chi connectivity index (χ0) is 12.6. The van der Waals surface area contributed by atoms with Gasteiger partial charge in [-0.15, -0.1) is 0 Å². The van der Waals surface area contributed by atoms with E-state index in [1.807, 2.05) is 0 Å². The number of aliphatic hydroxyl groups is 1. The fourth-order valence-electron chi connectivity index (χ4n) is 1.74. The van der Waals surface area contributed by atoms with Crippen LogP contribution in [0.4, 0.5) is 10.2 Å². The highest BCUT2D eigenvalue weighted by Gasteiger charge is 2.36. The van der Waals surface area contributed by atoms with Crippen LogP contribution in [-0.2, 0) is 4.74 Å². The number of nitrogen functional groups attached to an aromatic ring is 1. The summed E-state index contributed by atoms with van der Waals surface area (Å²) in [7, 11) is 0. The molecule has 1 saturated heterocycles. The van der Waals surface area contributed by atoms with Gasteiger partial charge < -0.3 is 15.6 Å². The Kier molecular flexibility index (Phi) is 3.12. The number of hydrogen-bond acceptors (Lipinski definition) is 5. The third-order valence-corrected chi connectivity index (χ3v) is 2.73. The van der Waals surface area contributed by atoms with Crippen molar-refractivity contribution in [2.75, 3.05) is 5.73 Å². The van der Waals surface area contributed by atoms with Gasteiger partial charge in [0.25, 0.3) is 0 Å². The standard InChI is InChI=1S/C10H13FN3O3/c1-5-3-14(10(16)13-9(5)12)8-2-6(11)7(4-15)17-8/h3-4,6-8,15H,2H2,1H3,(H2,12,13,16)/t6-,7+,8+/m0/s1. The van der Waals surface area contributed by atoms with Crippen molar-refractivity contribution in [1.82, 2.24) is 9.55 Å². The summed E-state index contributed by atoms with van der Waals surface area (Å²) in [4.78, 5) is 15.2. The van der Waals surface area contributed by atoms with E-state index in [0.29, 0.717) is 12.2 Å². The maximum atomic E-state index is 13.4. The monoisotopic (exact) mass is 242 g/mol. The number of anilines is 1. The first-order chi connectivity index (χ1) is 8.02. The normalized spacial score (nSPS) is 28.5. The number of alkyl halides is 1. The molecule has 0 aromatic carbocycles. The molecule has 2 heterocycles. The van der Waals surface area contributed by atoms with Crippen molar-refractivity contribution in [3.63, 3.8) is 0 Å². The highest BCUT2D eigenvalue weighted by molar-refractivity contribution is 5.35. The molecule has 7 heteroatoms. The minimum absolute atomic E-state index is 0.00727. The minimum Gasteiger partial charge on any atom is -0.387 e. The lowest BCUT2D eigenvalue weighted by molar-refractivity contribution is -0.0136. The Morgan fingerprint density at radius 1 is 1.76 bits per heavy atom. The third kappa shape index (κ3) is 2.16. The van der Waals surface area contributed by atoms with Crippen LogP contribution < -0.4 is 11.4 Å². The summed E-state index contributed by atoms with van der Waals surface area (Å²) in [5, 5.41) is 8.76. The van der Waals surface area contributed by atoms with E-state index in [9.17, 15) is 9.18 Å². The summed E-state index contributed by atoms with van der Waals surface area (Å²) in [6, 6.07) is 0. The second kappa shape index (κ2) is 4.42. The van der Waals surface area contributed by atoms with Gasteiger partial charge in [0.15, 0.2) is 0 Å². The van der Waals surface area contributed by atoms with E-state index in [2.05, 4.69) is 4.98 Å². The molecule has 3 N–H and O–H groups in total. The first-order valence-electron chi connectivity index (χ1n) is 5.15. The van der Waals surface area contributed by atoms with E-state index in [-0.39, 0.29) is 12.2 Å². The maximum Gasteiger partial charge on any atom is 0.351 e. The van der Waals surface area contributed by atoms with Gasteiger partial charge in [-0.05, 0) is 6.92 Å². The van der Waals surface area contributed by atoms with Gasteiger partial charge >= 0.3 is 5.69 Å². The number of hydrogen-bond donors (Lipinski definition) is 2. The second-order valence-corrected chi connectivity index (χ2v) is 3.96. The van der Waals surface area contributed by atoms with E-state index < -0.39 is 24.2 Å². The van der Waals surface area contributed by atoms with Crippen molar-refractivity contribution >= 4 is 5.82 Å². The first-order valence-corrected chi connectivity index (χ1v) is 5.15. The van der Waals surface area contributed by atoms with Crippen LogP contribution in [0.2, 0.25) is 0 Å². The van der Waals surface area contributed by atoms with Gasteiger partial charge in [0.2, 0.25) is 0 Å². The SMILES string of the molecule is Cc1cn([C@H]2C[C@H](F)[C@@H]([CH]O)O2)c(=O)nc1N. The highest BCUT2D eigenvalue weighted by Crippen LogP contribution is 2.30. The van der Waals surface area contributed by atoms with Crippen LogP contribution in [-0.4, -0.2) is 26.9 Å². The molecule has 1 aliphatic heterocycles. The van der Waals surface area contributed by atoms with Gasteiger partial charge in [0.1, 0.15) is 30.9 Å². The molecule has 0 unspecified atom stereocenters. The van der Waals surface area contributed by atoms with Crippen molar-refractivity contribution in [3.8, 4) is 0 Å². The molecule has 1 aliphatic rings. The third-order valence-electron chi connectivity index (χ3n) is 2.73. The van der Waals surface area contributed by atoms with Crippen LogP contribution in [0.1, 0.15) is 18.2 Å². The van der Waals surface area contributed by atoms with E-state index in [0.717, 1.165) is 0 Å². The van der Waals surface area contributed by atoms with Crippen LogP contribution in [0.5, 0.6) is 0 Å². The molecule has 17 heavy (non-hydrogen) atoms. The number of halogens is 1. The molecule has 0 amide bonds. The van der Waals surface area contributed by atoms with Crippen LogP contribution >= 0.6 is 0 Å². The van der Waals surface area contributed by atoms with Gasteiger partial charge in [-0.1, -0.05) is 0 Å². The lowest BCUT2D eigenvalue weighted by Crippen LogP contribution is -2.28. The number of aromatic nitrogens is 2. The summed E-state index contributed by atoms with van der Waals surface area (Å²) in [5.41, 5.74) is 5.50. The van der Waals surface area contributed by atoms with Gasteiger partial charge in [-0.25, -0.2) is 9.18 Å². The zero-order valence-electron chi connectivity index (χ0n) is 9.21. The van der Waals surface area contributed by atoms with Crippen molar-refractivity contribution in [3.05, 3.63) is 28.9 Å². The molecular formula is C10H13FN3O3. The van der Waals surface area contributed by atoms with E-state index >= 15 is 0 Å². The predicted molar refractivity (Wildman–Crippen MR) is 57.3 cm³/mol. The van der Waals surface area contributed by atoms with Gasteiger partial charge in [0, 0.05) is 18.2 Å². The predicted octanol–water partition coefficient (Wildman–Crippen LogP) is 0.294. The Bertz CT molecular complexity index is 476. The summed E-state index contributed by atoms with van der Waals surface area (Å²) in [5.74, 6) is 0.145. The van der Waals surface area contributed by atoms with Crippen molar-refractivity contribution in [2.24, 2.45) is 0 Å². The molecule has 1 fully saturated rings. The Hall–Kier alpha value is -1.47. The van der Waals surface area contributed by atoms with E-state index in [4.69, 9.17) is 15.6 Å². The molecule has 1 aromatic rings. The summed E-state index contributed by atoms with van der Waals surface area (Å²) in [6.45, 7) is 2.34. The van der Waals surface area contributed by atoms with Gasteiger partial charge in [-0.3, -0.25) is 4.57 Å². The summed E-state index contributed by atoms with van der Waals surface area (Å²) in [6.07, 6.45) is -1.65. The van der Waals surface area contributed by atoms with Crippen molar-refractivity contribution < 1.29 is 14.2 Å². The van der Waals surface area contributed by atoms with Crippen LogP contribution in [0.3, 0.4) is 0 Å². The highest BCUT2D eigenvalue weighted by atomic mass is 19.1. The average Bonchev–Trinajstić information content (AvgIpc) is 2.65. The fourth-order valence-corrected chi connectivity index (χ4v) is 1.74. The van der Waals surface area contributed by atoms with Crippen LogP contribution in [0.25, 0.3) is 0 Å². The fraction of sp³-hybridized carbons (Fsp3) is 0.500. The van der Waals surface area contributed by atoms with Crippen LogP contribution in [0, 0.1) is 13.5 Å². The number of nitrogens with zero attached hydrogens (tertiary/aromatic N) is 2. The minimum atomic E-state index is -1.34. The Labute approximate surface area is 96.8 Å². The molecule has 0 saturated carbocycles. The Morgan fingerprint density at radius 2 is 2.47 bits per heavy atom. The zero-order valence-corrected chi connectivity index (χ0v) is 9.21. The molecule has 0 spiro atoms. The lowest BCUT2D eigenvalue weighted by Gasteiger charge is -2.14. The van der Waals surface area contributed by atoms with Gasteiger partial charge in [0.05, 0.1) is 0 Å². The second-order valence-electron chi connectivity index (χ2n) is 3.96. The molecule has 6 nitrogen and oxygen atoms in total. The molecule has 0 bridgehead atoms. The Morgan fingerprint density at radius 3 is 3.06 bits per heavy atom. The van der Waals surface area contributed by atoms with Gasteiger partial charge in [-0.2, -0.15) is 4.98 Å². The summed E-state index contributed by atoms with van der Waals surface area (Å²) >= 11 is 0. The van der Waals surface area contributed by atoms with Crippen LogP contribution in [0.15, 0.2) is 11.0 Å². The molecular weight excluding hydrogens is 229 g/mol. The smallest absolute Gasteiger partial charge is 0.351 e. The van der Waals surface area contributed by atoms with E-state index in [1.54, 1.807) is 6.92 Å². The first kappa shape index (κ1) is 12.0. The van der Waals surface area contributed by atoms with E-state index in [1.165, 1.54) is 10.8 Å². The van der Waals surface area contributed by atoms with Crippen molar-refractivity contribution in [1.29, 1.82) is 0 Å². The number of nitrogens with two attached hydrogens (primary N) is 1. The maximum absolute atomic E-state index is 13.4. The quantitative estimate of drug-likeness (QED) is 0.778. The molecule has 1 aromatic heterocycles. The lowest BCUT2D eigenvalue weighted by atomic mass is 10.2. The number of ether oxygens (including phenoxy) is 1. The summed E-state index contributed by atoms with van der Waals surface area (Å²) < 4.78 is 19.7. The molecule has 93 valence electrons. The number of aryl methyl sites for hydroxylation is 1. The number of rotatable bonds is 2. The molecule has 0 aliphatic carbocycles. The van der Waals surface area contributed by atoms with Crippen molar-refractivity contribution in [2.45, 2.75) is 31.8 Å².